The Hall–Kier alpha value is -4.53. The normalized spacial score (nSPS) is 10.3. The van der Waals surface area contributed by atoms with Crippen molar-refractivity contribution in [1.82, 2.24) is 10.6 Å². The van der Waals surface area contributed by atoms with E-state index in [0.29, 0.717) is 27.9 Å². The lowest BCUT2D eigenvalue weighted by molar-refractivity contribution is -0.385. The lowest BCUT2D eigenvalue weighted by Crippen LogP contribution is -2.26. The third-order valence-corrected chi connectivity index (χ3v) is 5.24. The van der Waals surface area contributed by atoms with Crippen molar-refractivity contribution < 1.29 is 19.3 Å². The molecule has 0 aliphatic heterocycles. The van der Waals surface area contributed by atoms with Gasteiger partial charge in [-0.3, -0.25) is 24.5 Å². The van der Waals surface area contributed by atoms with E-state index in [9.17, 15) is 24.5 Å². The van der Waals surface area contributed by atoms with E-state index in [2.05, 4.69) is 16.0 Å². The predicted molar refractivity (Wildman–Crippen MR) is 132 cm³/mol. The summed E-state index contributed by atoms with van der Waals surface area (Å²) in [7, 11) is 0. The maximum Gasteiger partial charge on any atom is 0.273 e. The van der Waals surface area contributed by atoms with Crippen LogP contribution in [-0.4, -0.2) is 35.7 Å². The van der Waals surface area contributed by atoms with Crippen LogP contribution in [0.25, 0.3) is 0 Å². The average molecular weight is 475 g/mol. The van der Waals surface area contributed by atoms with Crippen LogP contribution in [0, 0.1) is 10.1 Å². The fourth-order valence-corrected chi connectivity index (χ4v) is 3.56. The van der Waals surface area contributed by atoms with Gasteiger partial charge in [-0.15, -0.1) is 0 Å². The molecule has 0 saturated heterocycles. The standard InChI is InChI=1S/C26H26N4O5/c1-18(31)29-23-16-22(13-15-28-26(33)20-10-6-3-7-11-20)24(30(34)35)17-21(23)12-14-27-25(32)19-8-4-2-5-9-19/h2-11,16-17H,12-15H2,1H3,(H,27,32)(H,28,33)(H,29,31). The van der Waals surface area contributed by atoms with Crippen LogP contribution in [0.15, 0.2) is 72.8 Å². The quantitative estimate of drug-likeness (QED) is 0.306. The largest absolute Gasteiger partial charge is 0.352 e. The van der Waals surface area contributed by atoms with E-state index in [4.69, 9.17) is 0 Å². The smallest absolute Gasteiger partial charge is 0.273 e. The molecule has 3 N–H and O–H groups in total. The zero-order valence-electron chi connectivity index (χ0n) is 19.2. The van der Waals surface area contributed by atoms with Crippen LogP contribution in [0.4, 0.5) is 11.4 Å². The SMILES string of the molecule is CC(=O)Nc1cc(CCNC(=O)c2ccccc2)c([N+](=O)[O-])cc1CCNC(=O)c1ccccc1. The first-order chi connectivity index (χ1) is 16.8. The fourth-order valence-electron chi connectivity index (χ4n) is 3.56. The van der Waals surface area contributed by atoms with Gasteiger partial charge >= 0.3 is 0 Å². The number of nitrogens with one attached hydrogen (secondary N) is 3. The highest BCUT2D eigenvalue weighted by atomic mass is 16.6. The van der Waals surface area contributed by atoms with Gasteiger partial charge in [0.05, 0.1) is 4.92 Å². The highest BCUT2D eigenvalue weighted by Crippen LogP contribution is 2.28. The highest BCUT2D eigenvalue weighted by Gasteiger charge is 2.19. The summed E-state index contributed by atoms with van der Waals surface area (Å²) in [4.78, 5) is 47.6. The molecular formula is C26H26N4O5. The molecule has 0 bridgehead atoms. The van der Waals surface area contributed by atoms with Crippen LogP contribution in [0.1, 0.15) is 38.8 Å². The third-order valence-electron chi connectivity index (χ3n) is 5.24. The number of nitro groups is 1. The minimum absolute atomic E-state index is 0.113. The van der Waals surface area contributed by atoms with Crippen molar-refractivity contribution in [2.24, 2.45) is 0 Å². The Kier molecular flexibility index (Phi) is 8.66. The topological polar surface area (TPSA) is 130 Å². The van der Waals surface area contributed by atoms with Crippen LogP contribution >= 0.6 is 0 Å². The maximum atomic E-state index is 12.3. The second kappa shape index (κ2) is 12.1. The number of rotatable bonds is 10. The molecule has 3 aromatic carbocycles. The van der Waals surface area contributed by atoms with Crippen molar-refractivity contribution in [3.8, 4) is 0 Å². The van der Waals surface area contributed by atoms with Crippen molar-refractivity contribution in [2.45, 2.75) is 19.8 Å². The third kappa shape index (κ3) is 7.23. The average Bonchev–Trinajstić information content (AvgIpc) is 2.85. The molecule has 0 atom stereocenters. The minimum atomic E-state index is -0.488. The molecule has 180 valence electrons. The number of hydrogen-bond donors (Lipinski definition) is 3. The van der Waals surface area contributed by atoms with Crippen LogP contribution in [0.5, 0.6) is 0 Å². The van der Waals surface area contributed by atoms with Gasteiger partial charge in [0.2, 0.25) is 5.91 Å². The number of carbonyl (C=O) groups is 3. The minimum Gasteiger partial charge on any atom is -0.352 e. The van der Waals surface area contributed by atoms with Gasteiger partial charge < -0.3 is 16.0 Å². The van der Waals surface area contributed by atoms with Crippen molar-refractivity contribution in [1.29, 1.82) is 0 Å². The summed E-state index contributed by atoms with van der Waals surface area (Å²) in [5.41, 5.74) is 2.22. The Bertz CT molecular complexity index is 1210. The monoisotopic (exact) mass is 474 g/mol. The number of nitro benzene ring substituents is 1. The Morgan fingerprint density at radius 2 is 1.26 bits per heavy atom. The molecule has 35 heavy (non-hydrogen) atoms. The van der Waals surface area contributed by atoms with Crippen LogP contribution in [0.2, 0.25) is 0 Å². The van der Waals surface area contributed by atoms with Gasteiger partial charge in [-0.2, -0.15) is 0 Å². The van der Waals surface area contributed by atoms with E-state index in [1.165, 1.54) is 13.0 Å². The van der Waals surface area contributed by atoms with Gasteiger partial charge in [0.25, 0.3) is 17.5 Å². The lowest BCUT2D eigenvalue weighted by atomic mass is 10.0. The molecule has 0 aliphatic carbocycles. The van der Waals surface area contributed by atoms with Gasteiger partial charge in [-0.05, 0) is 48.7 Å². The Morgan fingerprint density at radius 3 is 1.71 bits per heavy atom. The summed E-state index contributed by atoms with van der Waals surface area (Å²) in [5.74, 6) is -0.857. The van der Waals surface area contributed by atoms with Gasteiger partial charge in [-0.1, -0.05) is 36.4 Å². The van der Waals surface area contributed by atoms with Gasteiger partial charge in [0.1, 0.15) is 0 Å². The zero-order valence-corrected chi connectivity index (χ0v) is 19.2. The van der Waals surface area contributed by atoms with Gasteiger partial charge in [0, 0.05) is 48.5 Å². The highest BCUT2D eigenvalue weighted by molar-refractivity contribution is 5.94. The van der Waals surface area contributed by atoms with E-state index in [0.717, 1.165) is 0 Å². The van der Waals surface area contributed by atoms with E-state index < -0.39 is 4.92 Å². The van der Waals surface area contributed by atoms with Crippen LogP contribution in [-0.2, 0) is 17.6 Å². The van der Waals surface area contributed by atoms with Crippen molar-refractivity contribution in [3.63, 3.8) is 0 Å². The van der Waals surface area contributed by atoms with E-state index >= 15 is 0 Å². The summed E-state index contributed by atoms with van der Waals surface area (Å²) in [5, 5.41) is 20.0. The van der Waals surface area contributed by atoms with Crippen molar-refractivity contribution >= 4 is 29.1 Å². The van der Waals surface area contributed by atoms with Gasteiger partial charge in [0.15, 0.2) is 0 Å². The summed E-state index contributed by atoms with van der Waals surface area (Å²) in [6, 6.07) is 20.3. The van der Waals surface area contributed by atoms with Crippen LogP contribution in [0.3, 0.4) is 0 Å². The molecule has 3 rings (SSSR count). The molecule has 9 nitrogen and oxygen atoms in total. The lowest BCUT2D eigenvalue weighted by Gasteiger charge is -2.14. The zero-order chi connectivity index (χ0) is 25.2. The fraction of sp³-hybridized carbons (Fsp3) is 0.192. The molecule has 0 aromatic heterocycles. The predicted octanol–water partition coefficient (Wildman–Crippen LogP) is 3.50. The molecule has 0 radical (unpaired) electrons. The molecule has 0 spiro atoms. The number of amides is 3. The molecular weight excluding hydrogens is 448 g/mol. The number of anilines is 1. The second-order valence-electron chi connectivity index (χ2n) is 7.82. The first kappa shape index (κ1) is 25.1. The first-order valence-electron chi connectivity index (χ1n) is 11.1. The molecule has 0 aliphatic rings. The number of carbonyl (C=O) groups excluding carboxylic acids is 3. The second-order valence-corrected chi connectivity index (χ2v) is 7.82. The molecule has 0 fully saturated rings. The van der Waals surface area contributed by atoms with Crippen molar-refractivity contribution in [2.75, 3.05) is 18.4 Å². The Balaban J connectivity index is 1.72. The molecule has 0 unspecified atom stereocenters. The summed E-state index contributed by atoms with van der Waals surface area (Å²) in [6.07, 6.45) is 0.479. The number of nitrogens with zero attached hydrogens (tertiary/aromatic N) is 1. The Labute approximate surface area is 202 Å². The van der Waals surface area contributed by atoms with E-state index in [1.807, 2.05) is 6.07 Å². The van der Waals surface area contributed by atoms with Crippen LogP contribution < -0.4 is 16.0 Å². The maximum absolute atomic E-state index is 12.3. The molecule has 3 amide bonds. The molecule has 0 saturated carbocycles. The van der Waals surface area contributed by atoms with E-state index in [-0.39, 0.29) is 49.3 Å². The summed E-state index contributed by atoms with van der Waals surface area (Å²) in [6.45, 7) is 1.76. The number of benzene rings is 3. The van der Waals surface area contributed by atoms with E-state index in [1.54, 1.807) is 60.7 Å². The summed E-state index contributed by atoms with van der Waals surface area (Å²) >= 11 is 0. The van der Waals surface area contributed by atoms with Crippen molar-refractivity contribution in [3.05, 3.63) is 105 Å². The molecule has 3 aromatic rings. The summed E-state index contributed by atoms with van der Waals surface area (Å²) < 4.78 is 0. The number of hydrogen-bond acceptors (Lipinski definition) is 5. The van der Waals surface area contributed by atoms with Gasteiger partial charge in [-0.25, -0.2) is 0 Å². The Morgan fingerprint density at radius 1 is 0.771 bits per heavy atom. The first-order valence-corrected chi connectivity index (χ1v) is 11.1. The molecule has 9 heteroatoms. The molecule has 0 heterocycles.